The standard InChI is InChI=1S/C24H23FN6O/c1-28(14-16-5-10-19-20(13-16)30(3)24(32)29(19)2)15-21-22(17-6-8-18(25)9-7-17)27-23-26-11-4-12-31(21)23/h4-13H,14-15H2,1-3H3. The summed E-state index contributed by atoms with van der Waals surface area (Å²) < 4.78 is 18.8. The zero-order valence-corrected chi connectivity index (χ0v) is 18.2. The number of benzene rings is 2. The normalized spacial score (nSPS) is 11.8. The van der Waals surface area contributed by atoms with Gasteiger partial charge in [0.25, 0.3) is 0 Å². The van der Waals surface area contributed by atoms with Gasteiger partial charge in [-0.25, -0.2) is 19.2 Å². The van der Waals surface area contributed by atoms with Crippen molar-refractivity contribution in [2.45, 2.75) is 13.1 Å². The first kappa shape index (κ1) is 20.1. The molecule has 0 fully saturated rings. The molecule has 2 aromatic carbocycles. The summed E-state index contributed by atoms with van der Waals surface area (Å²) in [6.45, 7) is 1.31. The average Bonchev–Trinajstić information content (AvgIpc) is 3.25. The first-order valence-electron chi connectivity index (χ1n) is 10.3. The molecule has 32 heavy (non-hydrogen) atoms. The monoisotopic (exact) mass is 430 g/mol. The summed E-state index contributed by atoms with van der Waals surface area (Å²) in [7, 11) is 5.61. The van der Waals surface area contributed by atoms with Crippen molar-refractivity contribution in [2.75, 3.05) is 7.05 Å². The van der Waals surface area contributed by atoms with Crippen LogP contribution in [-0.4, -0.2) is 35.5 Å². The van der Waals surface area contributed by atoms with E-state index in [1.165, 1.54) is 12.1 Å². The lowest BCUT2D eigenvalue weighted by molar-refractivity contribution is 0.314. The zero-order valence-electron chi connectivity index (χ0n) is 18.2. The molecule has 0 atom stereocenters. The van der Waals surface area contributed by atoms with E-state index in [2.05, 4.69) is 22.0 Å². The van der Waals surface area contributed by atoms with Crippen molar-refractivity contribution in [2.24, 2.45) is 14.1 Å². The van der Waals surface area contributed by atoms with Crippen LogP contribution >= 0.6 is 0 Å². The van der Waals surface area contributed by atoms with Gasteiger partial charge in [-0.05, 0) is 55.1 Å². The number of halogens is 1. The van der Waals surface area contributed by atoms with Crippen LogP contribution in [0.4, 0.5) is 4.39 Å². The molecule has 7 nitrogen and oxygen atoms in total. The van der Waals surface area contributed by atoms with Crippen LogP contribution in [0, 0.1) is 5.82 Å². The van der Waals surface area contributed by atoms with Crippen LogP contribution in [0.5, 0.6) is 0 Å². The lowest BCUT2D eigenvalue weighted by atomic mass is 10.1. The van der Waals surface area contributed by atoms with Crippen molar-refractivity contribution in [3.63, 3.8) is 0 Å². The van der Waals surface area contributed by atoms with E-state index in [9.17, 15) is 9.18 Å². The molecule has 0 bridgehead atoms. The molecule has 0 aliphatic heterocycles. The van der Waals surface area contributed by atoms with E-state index in [-0.39, 0.29) is 11.5 Å². The van der Waals surface area contributed by atoms with Gasteiger partial charge >= 0.3 is 5.69 Å². The minimum atomic E-state index is -0.278. The molecule has 5 rings (SSSR count). The second-order valence-electron chi connectivity index (χ2n) is 8.10. The molecule has 0 unspecified atom stereocenters. The maximum atomic E-state index is 13.5. The predicted octanol–water partition coefficient (Wildman–Crippen LogP) is 3.36. The van der Waals surface area contributed by atoms with Gasteiger partial charge in [-0.3, -0.25) is 18.4 Å². The number of aromatic nitrogens is 5. The summed E-state index contributed by atoms with van der Waals surface area (Å²) in [5.74, 6) is 0.330. The molecule has 3 aromatic heterocycles. The van der Waals surface area contributed by atoms with Crippen LogP contribution in [0.1, 0.15) is 11.3 Å². The van der Waals surface area contributed by atoms with E-state index < -0.39 is 0 Å². The zero-order chi connectivity index (χ0) is 22.4. The van der Waals surface area contributed by atoms with Gasteiger partial charge in [-0.2, -0.15) is 0 Å². The Labute approximate surface area is 184 Å². The van der Waals surface area contributed by atoms with Gasteiger partial charge in [0.05, 0.1) is 22.4 Å². The van der Waals surface area contributed by atoms with E-state index in [1.54, 1.807) is 41.6 Å². The Morgan fingerprint density at radius 3 is 2.53 bits per heavy atom. The highest BCUT2D eigenvalue weighted by Gasteiger charge is 2.17. The Morgan fingerprint density at radius 2 is 1.75 bits per heavy atom. The number of nitrogens with zero attached hydrogens (tertiary/aromatic N) is 6. The number of aryl methyl sites for hydroxylation is 2. The molecule has 0 aliphatic rings. The third-order valence-electron chi connectivity index (χ3n) is 5.83. The predicted molar refractivity (Wildman–Crippen MR) is 122 cm³/mol. The highest BCUT2D eigenvalue weighted by molar-refractivity contribution is 5.76. The number of rotatable bonds is 5. The number of fused-ring (bicyclic) bond motifs is 2. The van der Waals surface area contributed by atoms with E-state index in [4.69, 9.17) is 4.98 Å². The first-order chi connectivity index (χ1) is 15.4. The Bertz CT molecular complexity index is 1500. The molecular formula is C24H23FN6O. The molecule has 0 N–H and O–H groups in total. The van der Waals surface area contributed by atoms with Crippen LogP contribution in [-0.2, 0) is 27.2 Å². The molecular weight excluding hydrogens is 407 g/mol. The summed E-state index contributed by atoms with van der Waals surface area (Å²) in [6.07, 6.45) is 3.65. The topological polar surface area (TPSA) is 60.4 Å². The van der Waals surface area contributed by atoms with Crippen LogP contribution in [0.15, 0.2) is 65.7 Å². The minimum absolute atomic E-state index is 0.0346. The van der Waals surface area contributed by atoms with Gasteiger partial charge in [0, 0.05) is 45.1 Å². The minimum Gasteiger partial charge on any atom is -0.296 e. The molecule has 162 valence electrons. The number of hydrogen-bond acceptors (Lipinski definition) is 4. The van der Waals surface area contributed by atoms with Crippen molar-refractivity contribution < 1.29 is 4.39 Å². The van der Waals surface area contributed by atoms with Gasteiger partial charge in [0.1, 0.15) is 5.82 Å². The lowest BCUT2D eigenvalue weighted by Crippen LogP contribution is -2.19. The van der Waals surface area contributed by atoms with Crippen molar-refractivity contribution in [3.05, 3.63) is 88.5 Å². The van der Waals surface area contributed by atoms with E-state index in [0.29, 0.717) is 18.9 Å². The van der Waals surface area contributed by atoms with Crippen LogP contribution in [0.3, 0.4) is 0 Å². The third kappa shape index (κ3) is 3.38. The van der Waals surface area contributed by atoms with E-state index in [0.717, 1.165) is 33.5 Å². The molecule has 0 amide bonds. The summed E-state index contributed by atoms with van der Waals surface area (Å²) >= 11 is 0. The van der Waals surface area contributed by atoms with Gasteiger partial charge in [-0.15, -0.1) is 0 Å². The summed E-state index contributed by atoms with van der Waals surface area (Å²) in [5.41, 5.74) is 5.52. The van der Waals surface area contributed by atoms with E-state index >= 15 is 0 Å². The molecule has 0 spiro atoms. The largest absolute Gasteiger partial charge is 0.328 e. The Kier molecular flexibility index (Phi) is 4.86. The molecule has 0 aliphatic carbocycles. The second-order valence-corrected chi connectivity index (χ2v) is 8.10. The fraction of sp³-hybridized carbons (Fsp3) is 0.208. The summed E-state index contributed by atoms with van der Waals surface area (Å²) in [5, 5.41) is 0. The van der Waals surface area contributed by atoms with Crippen molar-refractivity contribution in [3.8, 4) is 11.3 Å². The Morgan fingerprint density at radius 1 is 1.00 bits per heavy atom. The van der Waals surface area contributed by atoms with Gasteiger partial charge in [0.15, 0.2) is 0 Å². The fourth-order valence-corrected chi connectivity index (χ4v) is 4.20. The highest BCUT2D eigenvalue weighted by Crippen LogP contribution is 2.26. The lowest BCUT2D eigenvalue weighted by Gasteiger charge is -2.18. The van der Waals surface area contributed by atoms with Gasteiger partial charge in [-0.1, -0.05) is 6.07 Å². The molecule has 0 radical (unpaired) electrons. The average molecular weight is 430 g/mol. The summed E-state index contributed by atoms with van der Waals surface area (Å²) in [4.78, 5) is 23.5. The number of imidazole rings is 2. The van der Waals surface area contributed by atoms with Crippen molar-refractivity contribution in [1.29, 1.82) is 0 Å². The molecule has 5 aromatic rings. The maximum Gasteiger partial charge on any atom is 0.328 e. The first-order valence-corrected chi connectivity index (χ1v) is 10.3. The van der Waals surface area contributed by atoms with Crippen molar-refractivity contribution >= 4 is 16.8 Å². The molecule has 0 saturated carbocycles. The SMILES string of the molecule is CN(Cc1ccc2c(c1)n(C)c(=O)n2C)Cc1c(-c2ccc(F)cc2)nc2ncccn12. The quantitative estimate of drug-likeness (QED) is 0.429. The summed E-state index contributed by atoms with van der Waals surface area (Å²) in [6, 6.07) is 14.3. The smallest absolute Gasteiger partial charge is 0.296 e. The Balaban J connectivity index is 1.48. The Hall–Kier alpha value is -3.78. The van der Waals surface area contributed by atoms with Crippen LogP contribution in [0.25, 0.3) is 28.1 Å². The van der Waals surface area contributed by atoms with Crippen molar-refractivity contribution in [1.82, 2.24) is 28.4 Å². The maximum absolute atomic E-state index is 13.5. The van der Waals surface area contributed by atoms with E-state index in [1.807, 2.05) is 29.8 Å². The fourth-order valence-electron chi connectivity index (χ4n) is 4.20. The van der Waals surface area contributed by atoms with Gasteiger partial charge in [0.2, 0.25) is 5.78 Å². The van der Waals surface area contributed by atoms with Gasteiger partial charge < -0.3 is 0 Å². The highest BCUT2D eigenvalue weighted by atomic mass is 19.1. The molecule has 0 saturated heterocycles. The number of hydrogen-bond donors (Lipinski definition) is 0. The third-order valence-corrected chi connectivity index (χ3v) is 5.83. The van der Waals surface area contributed by atoms with Crippen LogP contribution < -0.4 is 5.69 Å². The molecule has 3 heterocycles. The second kappa shape index (κ2) is 7.72. The van der Waals surface area contributed by atoms with Crippen LogP contribution in [0.2, 0.25) is 0 Å². The molecule has 8 heteroatoms.